The number of hydrogen-bond acceptors (Lipinski definition) is 2. The lowest BCUT2D eigenvalue weighted by Gasteiger charge is -2.10. The van der Waals surface area contributed by atoms with E-state index in [-0.39, 0.29) is 6.04 Å². The van der Waals surface area contributed by atoms with Crippen LogP contribution in [0.3, 0.4) is 0 Å². The van der Waals surface area contributed by atoms with E-state index in [0.29, 0.717) is 0 Å². The van der Waals surface area contributed by atoms with E-state index in [0.717, 1.165) is 17.8 Å². The van der Waals surface area contributed by atoms with E-state index in [1.54, 1.807) is 0 Å². The predicted molar refractivity (Wildman–Crippen MR) is 55.4 cm³/mol. The van der Waals surface area contributed by atoms with Gasteiger partial charge in [0.2, 0.25) is 0 Å². The molecule has 2 nitrogen and oxygen atoms in total. The molecule has 1 heterocycles. The molecule has 0 saturated carbocycles. The summed E-state index contributed by atoms with van der Waals surface area (Å²) in [5.41, 5.74) is 8.05. The summed E-state index contributed by atoms with van der Waals surface area (Å²) in [6.45, 7) is 4.17. The normalized spacial score (nSPS) is 12.8. The zero-order chi connectivity index (χ0) is 9.68. The van der Waals surface area contributed by atoms with Crippen molar-refractivity contribution in [2.24, 2.45) is 5.73 Å². The maximum atomic E-state index is 5.99. The number of hydrogen-bond donors (Lipinski definition) is 1. The minimum atomic E-state index is 0.111. The fraction of sp³-hybridized carbons (Fsp3) is 0.545. The number of rotatable bonds is 4. The van der Waals surface area contributed by atoms with Crippen molar-refractivity contribution in [3.05, 3.63) is 29.6 Å². The number of aryl methyl sites for hydroxylation is 1. The van der Waals surface area contributed by atoms with Crippen LogP contribution < -0.4 is 5.73 Å². The van der Waals surface area contributed by atoms with Crippen LogP contribution in [0.1, 0.15) is 43.6 Å². The van der Waals surface area contributed by atoms with Gasteiger partial charge in [0, 0.05) is 11.7 Å². The molecular formula is C11H18N2. The van der Waals surface area contributed by atoms with Gasteiger partial charge in [-0.15, -0.1) is 0 Å². The molecule has 72 valence electrons. The van der Waals surface area contributed by atoms with Gasteiger partial charge in [0.15, 0.2) is 0 Å². The van der Waals surface area contributed by atoms with Crippen LogP contribution >= 0.6 is 0 Å². The van der Waals surface area contributed by atoms with E-state index in [1.165, 1.54) is 12.8 Å². The quantitative estimate of drug-likeness (QED) is 0.769. The van der Waals surface area contributed by atoms with Gasteiger partial charge in [-0.25, -0.2) is 0 Å². The Morgan fingerprint density at radius 2 is 2.23 bits per heavy atom. The van der Waals surface area contributed by atoms with Crippen LogP contribution in [0.15, 0.2) is 18.2 Å². The Hall–Kier alpha value is -0.890. The van der Waals surface area contributed by atoms with E-state index < -0.39 is 0 Å². The highest BCUT2D eigenvalue weighted by Crippen LogP contribution is 2.14. The zero-order valence-corrected chi connectivity index (χ0v) is 8.46. The molecule has 0 saturated heterocycles. The van der Waals surface area contributed by atoms with Crippen molar-refractivity contribution in [1.29, 1.82) is 0 Å². The standard InChI is InChI=1S/C11H18N2/c1-3-4-7-10(12)11-8-5-6-9(2)13-11/h5-6,8,10H,3-4,7,12H2,1-2H3/t10-/m1/s1. The average molecular weight is 178 g/mol. The van der Waals surface area contributed by atoms with Crippen molar-refractivity contribution in [3.63, 3.8) is 0 Å². The number of nitrogens with two attached hydrogens (primary N) is 1. The molecule has 2 N–H and O–H groups in total. The van der Waals surface area contributed by atoms with Gasteiger partial charge >= 0.3 is 0 Å². The molecule has 0 aliphatic rings. The summed E-state index contributed by atoms with van der Waals surface area (Å²) in [5.74, 6) is 0. The second kappa shape index (κ2) is 4.97. The lowest BCUT2D eigenvalue weighted by Crippen LogP contribution is -2.12. The van der Waals surface area contributed by atoms with Crippen molar-refractivity contribution in [2.75, 3.05) is 0 Å². The molecule has 1 aromatic rings. The topological polar surface area (TPSA) is 38.9 Å². The van der Waals surface area contributed by atoms with E-state index in [1.807, 2.05) is 25.1 Å². The first kappa shape index (κ1) is 10.2. The van der Waals surface area contributed by atoms with Gasteiger partial charge in [0.05, 0.1) is 5.69 Å². The highest BCUT2D eigenvalue weighted by Gasteiger charge is 2.05. The molecule has 0 bridgehead atoms. The Morgan fingerprint density at radius 3 is 2.85 bits per heavy atom. The Labute approximate surface area is 80.2 Å². The summed E-state index contributed by atoms with van der Waals surface area (Å²) in [4.78, 5) is 4.40. The minimum Gasteiger partial charge on any atom is -0.323 e. The molecule has 1 atom stereocenters. The molecule has 0 spiro atoms. The molecule has 0 amide bonds. The third-order valence-electron chi connectivity index (χ3n) is 2.16. The lowest BCUT2D eigenvalue weighted by molar-refractivity contribution is 0.589. The Bertz CT molecular complexity index is 258. The van der Waals surface area contributed by atoms with Crippen LogP contribution in [0.5, 0.6) is 0 Å². The van der Waals surface area contributed by atoms with E-state index in [4.69, 9.17) is 5.73 Å². The van der Waals surface area contributed by atoms with Crippen molar-refractivity contribution < 1.29 is 0 Å². The molecular weight excluding hydrogens is 160 g/mol. The van der Waals surface area contributed by atoms with Crippen molar-refractivity contribution in [1.82, 2.24) is 4.98 Å². The van der Waals surface area contributed by atoms with Crippen LogP contribution in [-0.2, 0) is 0 Å². The van der Waals surface area contributed by atoms with Gasteiger partial charge in [0.25, 0.3) is 0 Å². The van der Waals surface area contributed by atoms with E-state index in [2.05, 4.69) is 11.9 Å². The molecule has 0 aliphatic carbocycles. The van der Waals surface area contributed by atoms with E-state index >= 15 is 0 Å². The smallest absolute Gasteiger partial charge is 0.0574 e. The van der Waals surface area contributed by atoms with Crippen LogP contribution in [0.4, 0.5) is 0 Å². The molecule has 0 aliphatic heterocycles. The second-order valence-corrected chi connectivity index (χ2v) is 3.45. The van der Waals surface area contributed by atoms with Crippen molar-refractivity contribution >= 4 is 0 Å². The third kappa shape index (κ3) is 3.15. The predicted octanol–water partition coefficient (Wildman–Crippen LogP) is 2.58. The lowest BCUT2D eigenvalue weighted by atomic mass is 10.1. The summed E-state index contributed by atoms with van der Waals surface area (Å²) in [6, 6.07) is 6.13. The van der Waals surface area contributed by atoms with Gasteiger partial charge < -0.3 is 5.73 Å². The van der Waals surface area contributed by atoms with Crippen LogP contribution in [-0.4, -0.2) is 4.98 Å². The maximum absolute atomic E-state index is 5.99. The molecule has 0 aromatic carbocycles. The van der Waals surface area contributed by atoms with Gasteiger partial charge in [-0.05, 0) is 25.5 Å². The first-order valence-corrected chi connectivity index (χ1v) is 4.93. The molecule has 0 fully saturated rings. The van der Waals surface area contributed by atoms with E-state index in [9.17, 15) is 0 Å². The first-order valence-electron chi connectivity index (χ1n) is 4.93. The zero-order valence-electron chi connectivity index (χ0n) is 8.46. The van der Waals surface area contributed by atoms with Crippen LogP contribution in [0.2, 0.25) is 0 Å². The summed E-state index contributed by atoms with van der Waals surface area (Å²) in [7, 11) is 0. The summed E-state index contributed by atoms with van der Waals surface area (Å²) < 4.78 is 0. The molecule has 1 aromatic heterocycles. The summed E-state index contributed by atoms with van der Waals surface area (Å²) in [6.07, 6.45) is 3.41. The molecule has 0 radical (unpaired) electrons. The van der Waals surface area contributed by atoms with Crippen LogP contribution in [0, 0.1) is 6.92 Å². The summed E-state index contributed by atoms with van der Waals surface area (Å²) >= 11 is 0. The number of unbranched alkanes of at least 4 members (excludes halogenated alkanes) is 1. The highest BCUT2D eigenvalue weighted by molar-refractivity contribution is 5.12. The van der Waals surface area contributed by atoms with Crippen molar-refractivity contribution in [2.45, 2.75) is 39.2 Å². The minimum absolute atomic E-state index is 0.111. The number of nitrogens with zero attached hydrogens (tertiary/aromatic N) is 1. The second-order valence-electron chi connectivity index (χ2n) is 3.45. The largest absolute Gasteiger partial charge is 0.323 e. The van der Waals surface area contributed by atoms with Gasteiger partial charge in [0.1, 0.15) is 0 Å². The SMILES string of the molecule is CCCC[C@@H](N)c1cccc(C)n1. The van der Waals surface area contributed by atoms with Crippen molar-refractivity contribution in [3.8, 4) is 0 Å². The maximum Gasteiger partial charge on any atom is 0.0574 e. The fourth-order valence-electron chi connectivity index (χ4n) is 1.34. The Morgan fingerprint density at radius 1 is 1.46 bits per heavy atom. The van der Waals surface area contributed by atoms with Gasteiger partial charge in [-0.2, -0.15) is 0 Å². The molecule has 1 rings (SSSR count). The Kier molecular flexibility index (Phi) is 3.90. The van der Waals surface area contributed by atoms with Gasteiger partial charge in [-0.3, -0.25) is 4.98 Å². The molecule has 2 heteroatoms. The highest BCUT2D eigenvalue weighted by atomic mass is 14.8. The number of pyridine rings is 1. The van der Waals surface area contributed by atoms with Gasteiger partial charge in [-0.1, -0.05) is 25.8 Å². The first-order chi connectivity index (χ1) is 6.24. The van der Waals surface area contributed by atoms with Crippen LogP contribution in [0.25, 0.3) is 0 Å². The fourth-order valence-corrected chi connectivity index (χ4v) is 1.34. The summed E-state index contributed by atoms with van der Waals surface area (Å²) in [5, 5.41) is 0. The molecule has 13 heavy (non-hydrogen) atoms. The molecule has 0 unspecified atom stereocenters. The Balaban J connectivity index is 2.60. The monoisotopic (exact) mass is 178 g/mol. The third-order valence-corrected chi connectivity index (χ3v) is 2.16. The number of aromatic nitrogens is 1. The average Bonchev–Trinajstić information content (AvgIpc) is 2.14.